The molecule has 0 spiro atoms. The van der Waals surface area contributed by atoms with Crippen LogP contribution in [-0.2, 0) is 16.8 Å². The highest BCUT2D eigenvalue weighted by molar-refractivity contribution is 5.46. The summed E-state index contributed by atoms with van der Waals surface area (Å²) in [5, 5.41) is 13.6. The molecule has 2 aliphatic rings. The summed E-state index contributed by atoms with van der Waals surface area (Å²) in [5.41, 5.74) is 1.45. The van der Waals surface area contributed by atoms with Crippen LogP contribution in [0.5, 0.6) is 5.75 Å². The fourth-order valence-electron chi connectivity index (χ4n) is 2.88. The van der Waals surface area contributed by atoms with Gasteiger partial charge in [0.05, 0.1) is 12.2 Å². The van der Waals surface area contributed by atoms with Gasteiger partial charge in [-0.2, -0.15) is 0 Å². The molecule has 1 fully saturated rings. The third-order valence-electron chi connectivity index (χ3n) is 4.00. The van der Waals surface area contributed by atoms with Crippen molar-refractivity contribution in [2.45, 2.75) is 31.5 Å². The predicted octanol–water partition coefficient (Wildman–Crippen LogP) is 1.21. The minimum atomic E-state index is -0.711. The maximum Gasteiger partial charge on any atom is 0.123 e. The van der Waals surface area contributed by atoms with E-state index in [1.54, 1.807) is 0 Å². The van der Waals surface area contributed by atoms with Crippen LogP contribution in [0, 0.1) is 0 Å². The zero-order valence-electron chi connectivity index (χ0n) is 11.3. The van der Waals surface area contributed by atoms with Crippen molar-refractivity contribution < 1.29 is 14.6 Å². The van der Waals surface area contributed by atoms with E-state index >= 15 is 0 Å². The Balaban J connectivity index is 1.70. The molecule has 19 heavy (non-hydrogen) atoms. The summed E-state index contributed by atoms with van der Waals surface area (Å²) in [6, 6.07) is 5.93. The summed E-state index contributed by atoms with van der Waals surface area (Å²) < 4.78 is 11.5. The van der Waals surface area contributed by atoms with Crippen molar-refractivity contribution in [1.29, 1.82) is 0 Å². The van der Waals surface area contributed by atoms with Crippen LogP contribution in [-0.4, -0.2) is 37.5 Å². The van der Waals surface area contributed by atoms with Gasteiger partial charge in [0.15, 0.2) is 0 Å². The molecule has 2 N–H and O–H groups in total. The lowest BCUT2D eigenvalue weighted by Crippen LogP contribution is -2.41. The lowest BCUT2D eigenvalue weighted by atomic mass is 9.98. The Morgan fingerprint density at radius 3 is 3.21 bits per heavy atom. The molecule has 4 nitrogen and oxygen atoms in total. The van der Waals surface area contributed by atoms with E-state index in [0.717, 1.165) is 49.4 Å². The number of morpholine rings is 1. The fraction of sp³-hybridized carbons (Fsp3) is 0.600. The monoisotopic (exact) mass is 263 g/mol. The second-order valence-electron chi connectivity index (χ2n) is 5.56. The quantitative estimate of drug-likeness (QED) is 0.860. The zero-order valence-corrected chi connectivity index (χ0v) is 11.3. The second kappa shape index (κ2) is 5.12. The first-order valence-electron chi connectivity index (χ1n) is 6.97. The minimum absolute atomic E-state index is 0.117. The number of benzene rings is 1. The molecule has 1 aliphatic carbocycles. The topological polar surface area (TPSA) is 50.7 Å². The third-order valence-corrected chi connectivity index (χ3v) is 4.00. The van der Waals surface area contributed by atoms with Crippen LogP contribution in [0.1, 0.15) is 24.5 Å². The molecule has 1 aromatic rings. The number of nitrogens with one attached hydrogen (secondary N) is 1. The normalized spacial score (nSPS) is 30.1. The molecule has 2 atom stereocenters. The van der Waals surface area contributed by atoms with E-state index in [1.807, 2.05) is 25.1 Å². The lowest BCUT2D eigenvalue weighted by Gasteiger charge is -2.24. The first-order valence-corrected chi connectivity index (χ1v) is 6.97. The molecule has 1 heterocycles. The van der Waals surface area contributed by atoms with Crippen LogP contribution in [0.4, 0.5) is 0 Å². The summed E-state index contributed by atoms with van der Waals surface area (Å²) in [7, 11) is 0. The van der Waals surface area contributed by atoms with Crippen LogP contribution in [0.25, 0.3) is 0 Å². The van der Waals surface area contributed by atoms with Gasteiger partial charge < -0.3 is 19.9 Å². The van der Waals surface area contributed by atoms with Gasteiger partial charge in [-0.15, -0.1) is 0 Å². The van der Waals surface area contributed by atoms with Gasteiger partial charge >= 0.3 is 0 Å². The highest BCUT2D eigenvalue weighted by Gasteiger charge is 2.33. The van der Waals surface area contributed by atoms with Crippen LogP contribution in [0.3, 0.4) is 0 Å². The van der Waals surface area contributed by atoms with Crippen molar-refractivity contribution in [3.63, 3.8) is 0 Å². The molecule has 104 valence electrons. The first-order chi connectivity index (χ1) is 9.17. The summed E-state index contributed by atoms with van der Waals surface area (Å²) in [5.74, 6) is 0.893. The molecule has 3 rings (SSSR count). The highest BCUT2D eigenvalue weighted by atomic mass is 16.5. The number of ether oxygens (including phenoxy) is 2. The largest absolute Gasteiger partial charge is 0.491 e. The molecular weight excluding hydrogens is 242 g/mol. The van der Waals surface area contributed by atoms with E-state index in [4.69, 9.17) is 9.47 Å². The van der Waals surface area contributed by atoms with Gasteiger partial charge in [0.1, 0.15) is 18.5 Å². The Bertz CT molecular complexity index is 453. The molecule has 1 aromatic carbocycles. The van der Waals surface area contributed by atoms with Crippen LogP contribution >= 0.6 is 0 Å². The van der Waals surface area contributed by atoms with Gasteiger partial charge in [0.25, 0.3) is 0 Å². The maximum absolute atomic E-state index is 10.3. The summed E-state index contributed by atoms with van der Waals surface area (Å²) in [4.78, 5) is 0. The minimum Gasteiger partial charge on any atom is -0.491 e. The number of fused-ring (bicyclic) bond motifs is 1. The van der Waals surface area contributed by atoms with Crippen molar-refractivity contribution >= 4 is 0 Å². The number of aliphatic hydroxyl groups is 1. The van der Waals surface area contributed by atoms with Crippen LogP contribution in [0.15, 0.2) is 18.2 Å². The standard InChI is InChI=1S/C15H21NO3/c1-15(17)6-5-12-13(15)3-2-4-14(12)19-10-11-9-16-7-8-18-11/h2-4,11,16-17H,5-10H2,1H3. The van der Waals surface area contributed by atoms with Gasteiger partial charge in [-0.05, 0) is 31.4 Å². The van der Waals surface area contributed by atoms with E-state index in [-0.39, 0.29) is 6.10 Å². The predicted molar refractivity (Wildman–Crippen MR) is 72.4 cm³/mol. The molecular formula is C15H21NO3. The molecule has 1 saturated heterocycles. The number of hydrogen-bond donors (Lipinski definition) is 2. The van der Waals surface area contributed by atoms with E-state index in [0.29, 0.717) is 6.61 Å². The molecule has 0 amide bonds. The Morgan fingerprint density at radius 2 is 2.42 bits per heavy atom. The van der Waals surface area contributed by atoms with Gasteiger partial charge in [-0.3, -0.25) is 0 Å². The summed E-state index contributed by atoms with van der Waals surface area (Å²) >= 11 is 0. The summed E-state index contributed by atoms with van der Waals surface area (Å²) in [6.45, 7) is 4.94. The van der Waals surface area contributed by atoms with E-state index in [2.05, 4.69) is 5.32 Å². The van der Waals surface area contributed by atoms with E-state index in [1.165, 1.54) is 0 Å². The SMILES string of the molecule is CC1(O)CCc2c(OCC3CNCCO3)cccc21. The van der Waals surface area contributed by atoms with E-state index in [9.17, 15) is 5.11 Å². The number of rotatable bonds is 3. The molecule has 0 aromatic heterocycles. The number of hydrogen-bond acceptors (Lipinski definition) is 4. The Kier molecular flexibility index (Phi) is 3.48. The van der Waals surface area contributed by atoms with Crippen molar-refractivity contribution in [2.75, 3.05) is 26.3 Å². The average Bonchev–Trinajstić information content (AvgIpc) is 2.74. The summed E-state index contributed by atoms with van der Waals surface area (Å²) in [6.07, 6.45) is 1.76. The Morgan fingerprint density at radius 1 is 1.53 bits per heavy atom. The van der Waals surface area contributed by atoms with E-state index < -0.39 is 5.60 Å². The smallest absolute Gasteiger partial charge is 0.123 e. The highest BCUT2D eigenvalue weighted by Crippen LogP contribution is 2.40. The zero-order chi connectivity index (χ0) is 13.3. The molecule has 2 unspecified atom stereocenters. The van der Waals surface area contributed by atoms with Gasteiger partial charge in [-0.25, -0.2) is 0 Å². The molecule has 0 saturated carbocycles. The van der Waals surface area contributed by atoms with Crippen LogP contribution in [0.2, 0.25) is 0 Å². The van der Waals surface area contributed by atoms with Crippen molar-refractivity contribution in [1.82, 2.24) is 5.32 Å². The van der Waals surface area contributed by atoms with Crippen LogP contribution < -0.4 is 10.1 Å². The molecule has 0 radical (unpaired) electrons. The average molecular weight is 263 g/mol. The van der Waals surface area contributed by atoms with Crippen molar-refractivity contribution in [2.24, 2.45) is 0 Å². The van der Waals surface area contributed by atoms with Gasteiger partial charge in [0, 0.05) is 18.7 Å². The van der Waals surface area contributed by atoms with Crippen molar-refractivity contribution in [3.05, 3.63) is 29.3 Å². The Hall–Kier alpha value is -1.10. The Labute approximate surface area is 113 Å². The van der Waals surface area contributed by atoms with Crippen molar-refractivity contribution in [3.8, 4) is 5.75 Å². The third kappa shape index (κ3) is 2.61. The molecule has 1 aliphatic heterocycles. The van der Waals surface area contributed by atoms with Gasteiger partial charge in [0.2, 0.25) is 0 Å². The maximum atomic E-state index is 10.3. The first kappa shape index (κ1) is 12.9. The molecule has 0 bridgehead atoms. The second-order valence-corrected chi connectivity index (χ2v) is 5.56. The fourth-order valence-corrected chi connectivity index (χ4v) is 2.88. The molecule has 4 heteroatoms. The lowest BCUT2D eigenvalue weighted by molar-refractivity contribution is 0.0000169. The van der Waals surface area contributed by atoms with Gasteiger partial charge in [-0.1, -0.05) is 12.1 Å².